The Morgan fingerprint density at radius 2 is 1.54 bits per heavy atom. The van der Waals surface area contributed by atoms with Crippen molar-refractivity contribution in [3.05, 3.63) is 64.1 Å². The Balaban J connectivity index is 1.08. The van der Waals surface area contributed by atoms with Gasteiger partial charge in [-0.25, -0.2) is 9.97 Å². The number of benzene rings is 1. The maximum absolute atomic E-state index is 13.5. The Labute approximate surface area is 288 Å². The van der Waals surface area contributed by atoms with E-state index in [0.717, 1.165) is 52.5 Å². The molecule has 48 heavy (non-hydrogen) atoms. The summed E-state index contributed by atoms with van der Waals surface area (Å²) in [4.78, 5) is 53.1. The fourth-order valence-corrected chi connectivity index (χ4v) is 8.34. The van der Waals surface area contributed by atoms with Crippen molar-refractivity contribution in [2.75, 3.05) is 31.1 Å². The molecule has 2 aromatic heterocycles. The van der Waals surface area contributed by atoms with Gasteiger partial charge in [0.05, 0.1) is 28.9 Å². The number of nitrogens with one attached hydrogen (secondary N) is 1. The van der Waals surface area contributed by atoms with Gasteiger partial charge in [-0.1, -0.05) is 64.8 Å². The Hall–Kier alpha value is -3.79. The fraction of sp³-hybridized carbons (Fsp3) is 0.553. The third kappa shape index (κ3) is 7.91. The van der Waals surface area contributed by atoms with Crippen molar-refractivity contribution in [2.45, 2.75) is 84.1 Å². The molecule has 1 atom stereocenters. The number of anilines is 1. The summed E-state index contributed by atoms with van der Waals surface area (Å²) in [5, 5.41) is 12.3. The largest absolute Gasteiger partial charge is 0.481 e. The van der Waals surface area contributed by atoms with Crippen LogP contribution in [0.2, 0.25) is 0 Å². The number of rotatable bonds is 9. The van der Waals surface area contributed by atoms with Crippen LogP contribution in [0.25, 0.3) is 11.4 Å². The molecule has 0 bridgehead atoms. The van der Waals surface area contributed by atoms with Crippen LogP contribution in [0, 0.1) is 23.7 Å². The molecule has 2 aliphatic heterocycles. The standard InChI is InChI=1S/C38H49N5O4S/c1-24-5-9-26(10-6-24)27-15-17-42(18-16-27)30-20-39-34(40-21-30)28-11-7-25(8-12-28)19-31(36(45)43-22-29(23-43)37(46)47)41-35(44)32-13-14-33(48-32)38(2,3)4/h7-8,11-14,20-21,24,26-27,29,31H,5-6,9-10,15-19,22-23H2,1-4H3,(H,41,44)(H,46,47)/t24?,26?,31-/m0/s1. The summed E-state index contributed by atoms with van der Waals surface area (Å²) in [5.41, 5.74) is 2.74. The summed E-state index contributed by atoms with van der Waals surface area (Å²) in [6.45, 7) is 11.1. The van der Waals surface area contributed by atoms with Gasteiger partial charge in [0.2, 0.25) is 5.91 Å². The number of hydrogen-bond donors (Lipinski definition) is 2. The maximum Gasteiger partial charge on any atom is 0.310 e. The SMILES string of the molecule is CC1CCC(C2CCN(c3cnc(-c4ccc(C[C@H](NC(=O)c5ccc(C(C)(C)C)s5)C(=O)N5CC(C(=O)O)C5)cc4)nc3)CC2)CC1. The Bertz CT molecular complexity index is 1580. The second-order valence-corrected chi connectivity index (χ2v) is 16.3. The van der Waals surface area contributed by atoms with E-state index in [1.165, 1.54) is 54.8 Å². The Morgan fingerprint density at radius 3 is 2.12 bits per heavy atom. The summed E-state index contributed by atoms with van der Waals surface area (Å²) >= 11 is 1.42. The van der Waals surface area contributed by atoms with E-state index in [2.05, 4.69) is 37.9 Å². The highest BCUT2D eigenvalue weighted by Crippen LogP contribution is 2.38. The number of aromatic nitrogens is 2. The van der Waals surface area contributed by atoms with Gasteiger partial charge in [0, 0.05) is 43.0 Å². The van der Waals surface area contributed by atoms with Gasteiger partial charge in [0.1, 0.15) is 6.04 Å². The van der Waals surface area contributed by atoms with E-state index < -0.39 is 17.9 Å². The van der Waals surface area contributed by atoms with Crippen molar-refractivity contribution in [3.63, 3.8) is 0 Å². The highest BCUT2D eigenvalue weighted by atomic mass is 32.1. The van der Waals surface area contributed by atoms with Gasteiger partial charge in [-0.05, 0) is 66.5 Å². The molecule has 10 heteroatoms. The number of aliphatic carboxylic acids is 1. The molecule has 1 aromatic carbocycles. The lowest BCUT2D eigenvalue weighted by Crippen LogP contribution is -2.59. The third-order valence-corrected chi connectivity index (χ3v) is 12.1. The number of piperidine rings is 1. The van der Waals surface area contributed by atoms with Crippen molar-refractivity contribution in [1.82, 2.24) is 20.2 Å². The predicted octanol–water partition coefficient (Wildman–Crippen LogP) is 6.43. The molecule has 2 amide bonds. The minimum atomic E-state index is -0.910. The van der Waals surface area contributed by atoms with Crippen LogP contribution in [0.4, 0.5) is 5.69 Å². The van der Waals surface area contributed by atoms with Gasteiger partial charge >= 0.3 is 5.97 Å². The molecule has 2 saturated heterocycles. The van der Waals surface area contributed by atoms with Crippen LogP contribution in [0.3, 0.4) is 0 Å². The molecule has 0 radical (unpaired) electrons. The van der Waals surface area contributed by atoms with Crippen LogP contribution in [0.15, 0.2) is 48.8 Å². The second-order valence-electron chi connectivity index (χ2n) is 15.2. The molecule has 3 aromatic rings. The molecule has 6 rings (SSSR count). The number of amides is 2. The maximum atomic E-state index is 13.5. The van der Waals surface area contributed by atoms with Crippen LogP contribution in [0.5, 0.6) is 0 Å². The lowest BCUT2D eigenvalue weighted by molar-refractivity contribution is -0.153. The van der Waals surface area contributed by atoms with Gasteiger partial charge in [0.15, 0.2) is 5.82 Å². The summed E-state index contributed by atoms with van der Waals surface area (Å²) in [6.07, 6.45) is 12.2. The number of carboxylic acids is 1. The predicted molar refractivity (Wildman–Crippen MR) is 189 cm³/mol. The van der Waals surface area contributed by atoms with Gasteiger partial charge in [-0.15, -0.1) is 11.3 Å². The number of carbonyl (C=O) groups excluding carboxylic acids is 2. The first kappa shape index (κ1) is 34.1. The average molecular weight is 672 g/mol. The van der Waals surface area contributed by atoms with E-state index in [-0.39, 0.29) is 36.7 Å². The minimum absolute atomic E-state index is 0.0852. The van der Waals surface area contributed by atoms with Gasteiger partial charge in [-0.2, -0.15) is 0 Å². The van der Waals surface area contributed by atoms with E-state index in [0.29, 0.717) is 10.7 Å². The first-order valence-corrected chi connectivity index (χ1v) is 18.4. The van der Waals surface area contributed by atoms with E-state index in [1.807, 2.05) is 42.7 Å². The van der Waals surface area contributed by atoms with Gasteiger partial charge in [0.25, 0.3) is 5.91 Å². The van der Waals surface area contributed by atoms with Crippen molar-refractivity contribution in [2.24, 2.45) is 23.7 Å². The molecule has 3 fully saturated rings. The second kappa shape index (κ2) is 14.4. The van der Waals surface area contributed by atoms with Crippen LogP contribution < -0.4 is 10.2 Å². The summed E-state index contributed by atoms with van der Waals surface area (Å²) in [6, 6.07) is 10.7. The lowest BCUT2D eigenvalue weighted by atomic mass is 9.73. The number of likely N-dealkylation sites (tertiary alicyclic amines) is 1. The lowest BCUT2D eigenvalue weighted by Gasteiger charge is -2.39. The van der Waals surface area contributed by atoms with Crippen molar-refractivity contribution >= 4 is 34.8 Å². The molecule has 1 saturated carbocycles. The van der Waals surface area contributed by atoms with E-state index in [4.69, 9.17) is 9.97 Å². The zero-order valence-corrected chi connectivity index (χ0v) is 29.5. The summed E-state index contributed by atoms with van der Waals surface area (Å²) in [5.74, 6) is 1.23. The number of carboxylic acid groups (broad SMARTS) is 1. The fourth-order valence-electron chi connectivity index (χ4n) is 7.37. The Morgan fingerprint density at radius 1 is 0.917 bits per heavy atom. The van der Waals surface area contributed by atoms with E-state index in [1.54, 1.807) is 6.07 Å². The third-order valence-electron chi connectivity index (χ3n) is 10.6. The topological polar surface area (TPSA) is 116 Å². The molecule has 0 unspecified atom stereocenters. The molecule has 0 spiro atoms. The van der Waals surface area contributed by atoms with E-state index in [9.17, 15) is 19.5 Å². The van der Waals surface area contributed by atoms with Gasteiger partial charge < -0.3 is 20.2 Å². The smallest absolute Gasteiger partial charge is 0.310 e. The minimum Gasteiger partial charge on any atom is -0.481 e. The summed E-state index contributed by atoms with van der Waals surface area (Å²) in [7, 11) is 0. The highest BCUT2D eigenvalue weighted by Gasteiger charge is 2.39. The molecule has 3 aliphatic rings. The number of thiophene rings is 1. The number of nitrogens with zero attached hydrogens (tertiary/aromatic N) is 4. The first-order chi connectivity index (χ1) is 22.9. The van der Waals surface area contributed by atoms with Crippen molar-refractivity contribution in [1.29, 1.82) is 0 Å². The first-order valence-electron chi connectivity index (χ1n) is 17.5. The normalized spacial score (nSPS) is 21.4. The van der Waals surface area contributed by atoms with Crippen LogP contribution in [0.1, 0.15) is 86.3 Å². The Kier molecular flexibility index (Phi) is 10.2. The average Bonchev–Trinajstić information content (AvgIpc) is 3.56. The van der Waals surface area contributed by atoms with Crippen molar-refractivity contribution in [3.8, 4) is 11.4 Å². The molecule has 9 nitrogen and oxygen atoms in total. The molecule has 2 N–H and O–H groups in total. The number of carbonyl (C=O) groups is 3. The van der Waals surface area contributed by atoms with Crippen LogP contribution >= 0.6 is 11.3 Å². The quantitative estimate of drug-likeness (QED) is 0.270. The molecular weight excluding hydrogens is 623 g/mol. The van der Waals surface area contributed by atoms with Crippen LogP contribution in [-0.4, -0.2) is 70.0 Å². The zero-order valence-electron chi connectivity index (χ0n) is 28.7. The summed E-state index contributed by atoms with van der Waals surface area (Å²) < 4.78 is 0. The van der Waals surface area contributed by atoms with E-state index >= 15 is 0 Å². The molecular formula is C38H49N5O4S. The molecule has 1 aliphatic carbocycles. The highest BCUT2D eigenvalue weighted by molar-refractivity contribution is 7.14. The number of hydrogen-bond acceptors (Lipinski definition) is 7. The van der Waals surface area contributed by atoms with Gasteiger partial charge in [-0.3, -0.25) is 14.4 Å². The van der Waals surface area contributed by atoms with Crippen molar-refractivity contribution < 1.29 is 19.5 Å². The van der Waals surface area contributed by atoms with Crippen LogP contribution in [-0.2, 0) is 21.4 Å². The molecule has 4 heterocycles. The monoisotopic (exact) mass is 671 g/mol. The zero-order chi connectivity index (χ0) is 34.0. The molecule has 256 valence electrons.